The van der Waals surface area contributed by atoms with E-state index in [9.17, 15) is 5.11 Å². The fourth-order valence-electron chi connectivity index (χ4n) is 1.02. The zero-order chi connectivity index (χ0) is 7.61. The molecule has 0 aliphatic heterocycles. The molecule has 1 heteroatoms. The van der Waals surface area contributed by atoms with Gasteiger partial charge in [0, 0.05) is 0 Å². The molecule has 58 valence electrons. The lowest BCUT2D eigenvalue weighted by atomic mass is 10.1. The van der Waals surface area contributed by atoms with Crippen molar-refractivity contribution in [1.29, 1.82) is 0 Å². The fourth-order valence-corrected chi connectivity index (χ4v) is 1.02. The largest absolute Gasteiger partial charge is 0.390 e. The van der Waals surface area contributed by atoms with Gasteiger partial charge in [0.15, 0.2) is 0 Å². The summed E-state index contributed by atoms with van der Waals surface area (Å²) in [5.41, 5.74) is 1.09. The molecule has 0 aromatic rings. The van der Waals surface area contributed by atoms with Gasteiger partial charge in [-0.05, 0) is 39.5 Å². The molecule has 1 rings (SSSR count). The molecule has 1 saturated carbocycles. The maximum absolute atomic E-state index is 9.41. The summed E-state index contributed by atoms with van der Waals surface area (Å²) in [6.07, 6.45) is 6.22. The van der Waals surface area contributed by atoms with E-state index in [0.717, 1.165) is 25.7 Å². The topological polar surface area (TPSA) is 20.2 Å². The lowest BCUT2D eigenvalue weighted by Gasteiger charge is -2.03. The van der Waals surface area contributed by atoms with Gasteiger partial charge in [-0.3, -0.25) is 0 Å². The Labute approximate surface area is 62.8 Å². The van der Waals surface area contributed by atoms with Crippen LogP contribution in [0.4, 0.5) is 0 Å². The third kappa shape index (κ3) is 2.53. The summed E-state index contributed by atoms with van der Waals surface area (Å²) in [5.74, 6) is 0. The third-order valence-electron chi connectivity index (χ3n) is 1.99. The zero-order valence-corrected chi connectivity index (χ0v) is 6.85. The van der Waals surface area contributed by atoms with Gasteiger partial charge in [-0.2, -0.15) is 0 Å². The van der Waals surface area contributed by atoms with Gasteiger partial charge in [0.2, 0.25) is 0 Å². The summed E-state index contributed by atoms with van der Waals surface area (Å²) in [5, 5.41) is 9.41. The maximum atomic E-state index is 9.41. The van der Waals surface area contributed by atoms with Crippen LogP contribution in [0.25, 0.3) is 0 Å². The van der Waals surface area contributed by atoms with Crippen LogP contribution in [0.15, 0.2) is 11.6 Å². The molecule has 1 N–H and O–H groups in total. The minimum atomic E-state index is -0.258. The average molecular weight is 140 g/mol. The van der Waals surface area contributed by atoms with E-state index in [0.29, 0.717) is 0 Å². The van der Waals surface area contributed by atoms with E-state index in [4.69, 9.17) is 0 Å². The zero-order valence-electron chi connectivity index (χ0n) is 6.85. The molecule has 1 fully saturated rings. The molecule has 0 aromatic carbocycles. The third-order valence-corrected chi connectivity index (χ3v) is 1.99. The molecule has 0 bridgehead atoms. The smallest absolute Gasteiger partial charge is 0.0652 e. The van der Waals surface area contributed by atoms with Crippen molar-refractivity contribution in [2.24, 2.45) is 0 Å². The van der Waals surface area contributed by atoms with Gasteiger partial charge < -0.3 is 5.11 Å². The summed E-state index contributed by atoms with van der Waals surface area (Å²) >= 11 is 0. The number of rotatable bonds is 3. The fraction of sp³-hybridized carbons (Fsp3) is 0.778. The summed E-state index contributed by atoms with van der Waals surface area (Å²) in [6.45, 7) is 4.19. The first-order valence-electron chi connectivity index (χ1n) is 3.98. The van der Waals surface area contributed by atoms with Crippen LogP contribution in [0.3, 0.4) is 0 Å². The van der Waals surface area contributed by atoms with E-state index in [-0.39, 0.29) is 5.60 Å². The molecule has 0 unspecified atom stereocenters. The first-order valence-corrected chi connectivity index (χ1v) is 3.98. The Bertz CT molecular complexity index is 139. The monoisotopic (exact) mass is 140 g/mol. The van der Waals surface area contributed by atoms with E-state index in [1.807, 2.05) is 0 Å². The second-order valence-corrected chi connectivity index (χ2v) is 3.54. The standard InChI is InChI=1S/C9H16O/c1-8(2)4-3-5-9(10)6-7-9/h4,10H,3,5-7H2,1-2H3. The van der Waals surface area contributed by atoms with Crippen LogP contribution in [0.2, 0.25) is 0 Å². The highest BCUT2D eigenvalue weighted by Crippen LogP contribution is 2.39. The number of allylic oxidation sites excluding steroid dienone is 2. The van der Waals surface area contributed by atoms with Gasteiger partial charge in [-0.1, -0.05) is 11.6 Å². The summed E-state index contributed by atoms with van der Waals surface area (Å²) in [7, 11) is 0. The quantitative estimate of drug-likeness (QED) is 0.596. The maximum Gasteiger partial charge on any atom is 0.0652 e. The van der Waals surface area contributed by atoms with Crippen molar-refractivity contribution in [3.05, 3.63) is 11.6 Å². The summed E-state index contributed by atoms with van der Waals surface area (Å²) in [6, 6.07) is 0. The highest BCUT2D eigenvalue weighted by atomic mass is 16.3. The molecular formula is C9H16O. The molecule has 0 aromatic heterocycles. The highest BCUT2D eigenvalue weighted by Gasteiger charge is 2.38. The van der Waals surface area contributed by atoms with Crippen molar-refractivity contribution >= 4 is 0 Å². The summed E-state index contributed by atoms with van der Waals surface area (Å²) in [4.78, 5) is 0. The molecule has 10 heavy (non-hydrogen) atoms. The van der Waals surface area contributed by atoms with Gasteiger partial charge in [0.05, 0.1) is 5.60 Å². The number of hydrogen-bond acceptors (Lipinski definition) is 1. The molecule has 0 spiro atoms. The van der Waals surface area contributed by atoms with Crippen LogP contribution in [-0.4, -0.2) is 10.7 Å². The molecule has 1 nitrogen and oxygen atoms in total. The van der Waals surface area contributed by atoms with Gasteiger partial charge in [0.25, 0.3) is 0 Å². The van der Waals surface area contributed by atoms with Crippen LogP contribution in [0, 0.1) is 0 Å². The molecular weight excluding hydrogens is 124 g/mol. The first kappa shape index (κ1) is 7.80. The lowest BCUT2D eigenvalue weighted by molar-refractivity contribution is 0.141. The van der Waals surface area contributed by atoms with E-state index in [2.05, 4.69) is 19.9 Å². The number of hydrogen-bond donors (Lipinski definition) is 1. The second kappa shape index (κ2) is 2.75. The highest BCUT2D eigenvalue weighted by molar-refractivity contribution is 4.98. The minimum Gasteiger partial charge on any atom is -0.390 e. The predicted octanol–water partition coefficient (Wildman–Crippen LogP) is 2.26. The Balaban J connectivity index is 2.11. The van der Waals surface area contributed by atoms with Crippen LogP contribution < -0.4 is 0 Å². The Hall–Kier alpha value is -0.300. The van der Waals surface area contributed by atoms with E-state index in [1.54, 1.807) is 0 Å². The predicted molar refractivity (Wildman–Crippen MR) is 42.8 cm³/mol. The Morgan fingerprint density at radius 1 is 1.50 bits per heavy atom. The van der Waals surface area contributed by atoms with E-state index >= 15 is 0 Å². The van der Waals surface area contributed by atoms with Crippen molar-refractivity contribution in [3.63, 3.8) is 0 Å². The Morgan fingerprint density at radius 2 is 2.10 bits per heavy atom. The Kier molecular flexibility index (Phi) is 2.14. The van der Waals surface area contributed by atoms with Crippen LogP contribution >= 0.6 is 0 Å². The number of aliphatic hydroxyl groups is 1. The average Bonchev–Trinajstić information content (AvgIpc) is 2.47. The SMILES string of the molecule is CC(C)=CCCC1(O)CC1. The lowest BCUT2D eigenvalue weighted by Crippen LogP contribution is -2.04. The molecule has 1 aliphatic carbocycles. The first-order chi connectivity index (χ1) is 4.62. The molecule has 0 amide bonds. The minimum absolute atomic E-state index is 0.258. The van der Waals surface area contributed by atoms with Gasteiger partial charge in [-0.25, -0.2) is 0 Å². The van der Waals surface area contributed by atoms with Crippen molar-refractivity contribution in [2.75, 3.05) is 0 Å². The van der Waals surface area contributed by atoms with Crippen LogP contribution in [0.5, 0.6) is 0 Å². The van der Waals surface area contributed by atoms with E-state index < -0.39 is 0 Å². The van der Waals surface area contributed by atoms with Crippen molar-refractivity contribution in [3.8, 4) is 0 Å². The van der Waals surface area contributed by atoms with Gasteiger partial charge >= 0.3 is 0 Å². The molecule has 0 heterocycles. The molecule has 0 saturated heterocycles. The summed E-state index contributed by atoms with van der Waals surface area (Å²) < 4.78 is 0. The van der Waals surface area contributed by atoms with Crippen LogP contribution in [-0.2, 0) is 0 Å². The molecule has 0 radical (unpaired) electrons. The van der Waals surface area contributed by atoms with Crippen molar-refractivity contribution in [2.45, 2.75) is 45.1 Å². The van der Waals surface area contributed by atoms with Crippen molar-refractivity contribution < 1.29 is 5.11 Å². The normalized spacial score (nSPS) is 20.3. The van der Waals surface area contributed by atoms with Gasteiger partial charge in [0.1, 0.15) is 0 Å². The van der Waals surface area contributed by atoms with Crippen LogP contribution in [0.1, 0.15) is 39.5 Å². The molecule has 0 atom stereocenters. The van der Waals surface area contributed by atoms with E-state index in [1.165, 1.54) is 5.57 Å². The van der Waals surface area contributed by atoms with Crippen molar-refractivity contribution in [1.82, 2.24) is 0 Å². The molecule has 1 aliphatic rings. The van der Waals surface area contributed by atoms with Gasteiger partial charge in [-0.15, -0.1) is 0 Å². The second-order valence-electron chi connectivity index (χ2n) is 3.54. The Morgan fingerprint density at radius 3 is 2.50 bits per heavy atom.